The lowest BCUT2D eigenvalue weighted by Crippen LogP contribution is -2.31. The Labute approximate surface area is 113 Å². The van der Waals surface area contributed by atoms with Crippen LogP contribution in [0.15, 0.2) is 30.5 Å². The van der Waals surface area contributed by atoms with Crippen LogP contribution >= 0.6 is 0 Å². The Hall–Kier alpha value is -1.85. The van der Waals surface area contributed by atoms with Gasteiger partial charge < -0.3 is 4.74 Å². The van der Waals surface area contributed by atoms with Crippen LogP contribution in [0.2, 0.25) is 0 Å². The molecule has 3 N–H and O–H groups in total. The van der Waals surface area contributed by atoms with Crippen molar-refractivity contribution in [2.75, 3.05) is 7.11 Å². The number of aromatic nitrogens is 2. The zero-order chi connectivity index (χ0) is 13.8. The summed E-state index contributed by atoms with van der Waals surface area (Å²) >= 11 is 0. The molecule has 0 amide bonds. The van der Waals surface area contributed by atoms with Crippen molar-refractivity contribution >= 4 is 0 Å². The third-order valence-corrected chi connectivity index (χ3v) is 3.39. The quantitative estimate of drug-likeness (QED) is 0.631. The van der Waals surface area contributed by atoms with E-state index in [0.29, 0.717) is 0 Å². The Balaban J connectivity index is 2.30. The molecule has 5 nitrogen and oxygen atoms in total. The number of ether oxygens (including phenoxy) is 1. The van der Waals surface area contributed by atoms with Crippen LogP contribution in [0.1, 0.15) is 22.9 Å². The Bertz CT molecular complexity index is 550. The molecule has 2 rings (SSSR count). The second kappa shape index (κ2) is 5.86. The number of nitrogens with zero attached hydrogens (tertiary/aromatic N) is 2. The smallest absolute Gasteiger partial charge is 0.161 e. The molecule has 0 spiro atoms. The lowest BCUT2D eigenvalue weighted by Gasteiger charge is -2.18. The van der Waals surface area contributed by atoms with E-state index in [9.17, 15) is 0 Å². The van der Waals surface area contributed by atoms with Gasteiger partial charge in [-0.2, -0.15) is 5.10 Å². The minimum atomic E-state index is -0.0384. The summed E-state index contributed by atoms with van der Waals surface area (Å²) in [5.74, 6) is 6.46. The van der Waals surface area contributed by atoms with Gasteiger partial charge in [-0.15, -0.1) is 0 Å². The van der Waals surface area contributed by atoms with Gasteiger partial charge in [-0.25, -0.2) is 0 Å². The van der Waals surface area contributed by atoms with Crippen molar-refractivity contribution in [3.8, 4) is 5.75 Å². The molecule has 0 aliphatic rings. The van der Waals surface area contributed by atoms with Gasteiger partial charge in [0.05, 0.1) is 25.0 Å². The Morgan fingerprint density at radius 2 is 2.16 bits per heavy atom. The molecule has 0 saturated carbocycles. The van der Waals surface area contributed by atoms with Gasteiger partial charge in [0.2, 0.25) is 0 Å². The third-order valence-electron chi connectivity index (χ3n) is 3.39. The maximum Gasteiger partial charge on any atom is 0.161 e. The SMILES string of the molecule is COc1cnn(C)c1C(Cc1ccccc1C)NN. The number of nitrogens with two attached hydrogens (primary N) is 1. The van der Waals surface area contributed by atoms with Crippen molar-refractivity contribution in [3.05, 3.63) is 47.3 Å². The Kier molecular flexibility index (Phi) is 4.19. The number of benzene rings is 1. The number of hydrogen-bond donors (Lipinski definition) is 2. The van der Waals surface area contributed by atoms with Gasteiger partial charge in [-0.05, 0) is 24.5 Å². The van der Waals surface area contributed by atoms with E-state index in [4.69, 9.17) is 10.6 Å². The van der Waals surface area contributed by atoms with Crippen molar-refractivity contribution in [1.29, 1.82) is 0 Å². The van der Waals surface area contributed by atoms with Gasteiger partial charge in [0, 0.05) is 7.05 Å². The highest BCUT2D eigenvalue weighted by molar-refractivity contribution is 5.32. The van der Waals surface area contributed by atoms with E-state index in [1.165, 1.54) is 11.1 Å². The van der Waals surface area contributed by atoms with E-state index in [2.05, 4.69) is 29.6 Å². The van der Waals surface area contributed by atoms with Crippen LogP contribution in [0.4, 0.5) is 0 Å². The second-order valence-electron chi connectivity index (χ2n) is 4.57. The average molecular weight is 260 g/mol. The van der Waals surface area contributed by atoms with Crippen molar-refractivity contribution < 1.29 is 4.74 Å². The monoisotopic (exact) mass is 260 g/mol. The number of hydrazine groups is 1. The molecule has 0 radical (unpaired) electrons. The van der Waals surface area contributed by atoms with E-state index in [-0.39, 0.29) is 6.04 Å². The van der Waals surface area contributed by atoms with Crippen molar-refractivity contribution in [3.63, 3.8) is 0 Å². The minimum absolute atomic E-state index is 0.0384. The number of methoxy groups -OCH3 is 1. The van der Waals surface area contributed by atoms with Crippen LogP contribution in [0.5, 0.6) is 5.75 Å². The zero-order valence-corrected chi connectivity index (χ0v) is 11.6. The summed E-state index contributed by atoms with van der Waals surface area (Å²) in [5, 5.41) is 4.22. The minimum Gasteiger partial charge on any atom is -0.493 e. The molecule has 0 aliphatic carbocycles. The topological polar surface area (TPSA) is 65.1 Å². The van der Waals surface area contributed by atoms with Crippen LogP contribution in [-0.4, -0.2) is 16.9 Å². The normalized spacial score (nSPS) is 12.4. The highest BCUT2D eigenvalue weighted by Crippen LogP contribution is 2.27. The first-order valence-corrected chi connectivity index (χ1v) is 6.24. The summed E-state index contributed by atoms with van der Waals surface area (Å²) < 4.78 is 7.13. The van der Waals surface area contributed by atoms with Crippen LogP contribution in [0, 0.1) is 6.92 Å². The molecular formula is C14H20N4O. The molecule has 1 unspecified atom stereocenters. The molecule has 0 fully saturated rings. The molecule has 1 atom stereocenters. The molecule has 2 aromatic rings. The van der Waals surface area contributed by atoms with Gasteiger partial charge in [-0.3, -0.25) is 16.0 Å². The van der Waals surface area contributed by atoms with Gasteiger partial charge in [0.1, 0.15) is 0 Å². The molecule has 0 aliphatic heterocycles. The summed E-state index contributed by atoms with van der Waals surface area (Å²) in [4.78, 5) is 0. The largest absolute Gasteiger partial charge is 0.493 e. The van der Waals surface area contributed by atoms with Gasteiger partial charge >= 0.3 is 0 Å². The van der Waals surface area contributed by atoms with E-state index in [1.807, 2.05) is 19.2 Å². The van der Waals surface area contributed by atoms with E-state index < -0.39 is 0 Å². The fourth-order valence-corrected chi connectivity index (χ4v) is 2.27. The average Bonchev–Trinajstić information content (AvgIpc) is 2.79. The van der Waals surface area contributed by atoms with Gasteiger partial charge in [0.25, 0.3) is 0 Å². The molecule has 0 saturated heterocycles. The Morgan fingerprint density at radius 3 is 2.79 bits per heavy atom. The maximum atomic E-state index is 5.71. The molecule has 102 valence electrons. The molecule has 1 aromatic carbocycles. The maximum absolute atomic E-state index is 5.71. The molecule has 1 heterocycles. The highest BCUT2D eigenvalue weighted by atomic mass is 16.5. The summed E-state index contributed by atoms with van der Waals surface area (Å²) in [7, 11) is 3.53. The number of rotatable bonds is 5. The second-order valence-corrected chi connectivity index (χ2v) is 4.57. The lowest BCUT2D eigenvalue weighted by molar-refractivity contribution is 0.394. The Morgan fingerprint density at radius 1 is 1.42 bits per heavy atom. The predicted octanol–water partition coefficient (Wildman–Crippen LogP) is 1.48. The fraction of sp³-hybridized carbons (Fsp3) is 0.357. The first kappa shape index (κ1) is 13.6. The molecule has 5 heteroatoms. The first-order chi connectivity index (χ1) is 9.17. The standard InChI is InChI=1S/C14H20N4O/c1-10-6-4-5-7-11(10)8-12(17-15)14-13(19-3)9-16-18(14)2/h4-7,9,12,17H,8,15H2,1-3H3. The molecule has 19 heavy (non-hydrogen) atoms. The van der Waals surface area contributed by atoms with Crippen molar-refractivity contribution in [2.45, 2.75) is 19.4 Å². The highest BCUT2D eigenvalue weighted by Gasteiger charge is 2.20. The molecule has 0 bridgehead atoms. The fourth-order valence-electron chi connectivity index (χ4n) is 2.27. The number of nitrogens with one attached hydrogen (secondary N) is 1. The van der Waals surface area contributed by atoms with Crippen LogP contribution in [-0.2, 0) is 13.5 Å². The lowest BCUT2D eigenvalue weighted by atomic mass is 9.99. The van der Waals surface area contributed by atoms with Gasteiger partial charge in [0.15, 0.2) is 5.75 Å². The number of aryl methyl sites for hydroxylation is 2. The van der Waals surface area contributed by atoms with Crippen LogP contribution in [0.3, 0.4) is 0 Å². The summed E-state index contributed by atoms with van der Waals surface area (Å²) in [5.41, 5.74) is 6.32. The summed E-state index contributed by atoms with van der Waals surface area (Å²) in [6.07, 6.45) is 2.50. The predicted molar refractivity (Wildman–Crippen MR) is 74.7 cm³/mol. The van der Waals surface area contributed by atoms with E-state index in [0.717, 1.165) is 17.9 Å². The first-order valence-electron chi connectivity index (χ1n) is 6.24. The van der Waals surface area contributed by atoms with Crippen LogP contribution < -0.4 is 16.0 Å². The molecule has 1 aromatic heterocycles. The zero-order valence-electron chi connectivity index (χ0n) is 11.6. The van der Waals surface area contributed by atoms with Gasteiger partial charge in [-0.1, -0.05) is 24.3 Å². The van der Waals surface area contributed by atoms with E-state index >= 15 is 0 Å². The summed E-state index contributed by atoms with van der Waals surface area (Å²) in [6.45, 7) is 2.10. The third kappa shape index (κ3) is 2.77. The molecular weight excluding hydrogens is 240 g/mol. The summed E-state index contributed by atoms with van der Waals surface area (Å²) in [6, 6.07) is 8.25. The van der Waals surface area contributed by atoms with Crippen molar-refractivity contribution in [2.24, 2.45) is 12.9 Å². The number of hydrogen-bond acceptors (Lipinski definition) is 4. The van der Waals surface area contributed by atoms with Crippen molar-refractivity contribution in [1.82, 2.24) is 15.2 Å². The van der Waals surface area contributed by atoms with Crippen LogP contribution in [0.25, 0.3) is 0 Å². The van der Waals surface area contributed by atoms with E-state index in [1.54, 1.807) is 18.0 Å².